The number of fused-ring (bicyclic) bond motifs is 8. The van der Waals surface area contributed by atoms with E-state index in [-0.39, 0.29) is 17.7 Å². The van der Waals surface area contributed by atoms with Crippen LogP contribution in [0.5, 0.6) is 0 Å². The summed E-state index contributed by atoms with van der Waals surface area (Å²) < 4.78 is 2.64. The maximum atomic E-state index is 2.64. The third-order valence-electron chi connectivity index (χ3n) is 11.8. The lowest BCUT2D eigenvalue weighted by atomic mass is 9.43. The van der Waals surface area contributed by atoms with Crippen LogP contribution in [0.25, 0.3) is 42.4 Å². The minimum absolute atomic E-state index is 0.000946. The van der Waals surface area contributed by atoms with Crippen LogP contribution in [-0.4, -0.2) is 6.85 Å². The summed E-state index contributed by atoms with van der Waals surface area (Å²) in [6, 6.07) is 55.2. The van der Waals surface area contributed by atoms with Crippen molar-refractivity contribution < 1.29 is 0 Å². The Morgan fingerprint density at radius 2 is 1.22 bits per heavy atom. The lowest BCUT2D eigenvalue weighted by molar-refractivity contribution is 0.590. The van der Waals surface area contributed by atoms with Crippen LogP contribution in [-0.2, 0) is 10.8 Å². The van der Waals surface area contributed by atoms with Gasteiger partial charge in [-0.15, -0.1) is 11.3 Å². The lowest BCUT2D eigenvalue weighted by Gasteiger charge is -2.46. The first-order chi connectivity index (χ1) is 26.5. The van der Waals surface area contributed by atoms with Gasteiger partial charge in [0.1, 0.15) is 0 Å². The van der Waals surface area contributed by atoms with Crippen molar-refractivity contribution in [1.82, 2.24) is 0 Å². The van der Waals surface area contributed by atoms with Gasteiger partial charge in [-0.05, 0) is 99.0 Å². The highest BCUT2D eigenvalue weighted by Gasteiger charge is 2.46. The molecule has 2 nitrogen and oxygen atoms in total. The Hall–Kier alpha value is -5.58. The van der Waals surface area contributed by atoms with Gasteiger partial charge >= 0.3 is 6.85 Å². The molecule has 10 rings (SSSR count). The molecule has 4 heteroatoms. The highest BCUT2D eigenvalue weighted by atomic mass is 32.1. The maximum absolute atomic E-state index is 2.64. The van der Waals surface area contributed by atoms with E-state index < -0.39 is 0 Å². The van der Waals surface area contributed by atoms with Crippen LogP contribution < -0.4 is 20.6 Å². The molecular formula is C51H45BN2S. The van der Waals surface area contributed by atoms with Gasteiger partial charge in [0.25, 0.3) is 0 Å². The SMILES string of the molecule is Cc1cc2c3c(c1)N(c1ccc(C(C)(C)C)cc1-c1ccccc1)c1c(ccc4c1sc1ccccc14)B3N(c1ccc(C(C)(C)C)cc1)c1ccccc1-2. The number of aryl methyl sites for hydroxylation is 1. The molecular weight excluding hydrogens is 683 g/mol. The molecule has 0 amide bonds. The second-order valence-corrected chi connectivity index (χ2v) is 18.5. The summed E-state index contributed by atoms with van der Waals surface area (Å²) in [6.07, 6.45) is 0. The quantitative estimate of drug-likeness (QED) is 0.167. The molecule has 0 radical (unpaired) electrons. The van der Waals surface area contributed by atoms with Crippen molar-refractivity contribution in [1.29, 1.82) is 0 Å². The topological polar surface area (TPSA) is 6.48 Å². The molecule has 268 valence electrons. The molecule has 2 aliphatic rings. The molecule has 0 saturated heterocycles. The molecule has 55 heavy (non-hydrogen) atoms. The summed E-state index contributed by atoms with van der Waals surface area (Å²) in [6.45, 7) is 16.1. The average molecular weight is 729 g/mol. The minimum atomic E-state index is -0.0316. The van der Waals surface area contributed by atoms with Gasteiger partial charge in [-0.25, -0.2) is 0 Å². The van der Waals surface area contributed by atoms with Crippen molar-refractivity contribution >= 4 is 77.7 Å². The van der Waals surface area contributed by atoms with Crippen molar-refractivity contribution in [3.05, 3.63) is 162 Å². The molecule has 3 heterocycles. The van der Waals surface area contributed by atoms with E-state index in [1.165, 1.54) is 98.5 Å². The normalized spacial score (nSPS) is 13.6. The first kappa shape index (κ1) is 34.0. The molecule has 0 bridgehead atoms. The summed E-state index contributed by atoms with van der Waals surface area (Å²) in [4.78, 5) is 5.26. The predicted molar refractivity (Wildman–Crippen MR) is 241 cm³/mol. The number of benzene rings is 7. The van der Waals surface area contributed by atoms with E-state index in [1.807, 2.05) is 11.3 Å². The van der Waals surface area contributed by atoms with Gasteiger partial charge < -0.3 is 9.71 Å². The van der Waals surface area contributed by atoms with Crippen molar-refractivity contribution in [2.75, 3.05) is 9.71 Å². The van der Waals surface area contributed by atoms with Gasteiger partial charge in [0.15, 0.2) is 0 Å². The van der Waals surface area contributed by atoms with Gasteiger partial charge in [0.2, 0.25) is 0 Å². The van der Waals surface area contributed by atoms with E-state index in [1.54, 1.807) is 0 Å². The fourth-order valence-electron chi connectivity index (χ4n) is 9.02. The van der Waals surface area contributed by atoms with Gasteiger partial charge in [0, 0.05) is 43.7 Å². The van der Waals surface area contributed by atoms with Crippen molar-refractivity contribution in [2.45, 2.75) is 59.3 Å². The number of nitrogens with zero attached hydrogens (tertiary/aromatic N) is 2. The highest BCUT2D eigenvalue weighted by molar-refractivity contribution is 7.26. The van der Waals surface area contributed by atoms with Crippen molar-refractivity contribution in [3.8, 4) is 22.3 Å². The molecule has 0 atom stereocenters. The summed E-state index contributed by atoms with van der Waals surface area (Å²) in [7, 11) is 0. The Balaban J connectivity index is 1.34. The Bertz CT molecular complexity index is 2800. The van der Waals surface area contributed by atoms with E-state index in [0.717, 1.165) is 0 Å². The van der Waals surface area contributed by atoms with Crippen LogP contribution in [0.2, 0.25) is 0 Å². The number of anilines is 5. The van der Waals surface area contributed by atoms with Crippen LogP contribution in [0.15, 0.2) is 146 Å². The zero-order chi connectivity index (χ0) is 37.8. The standard InChI is InChI=1S/C51H45BN2S/c1-32-29-41-37-17-11-13-19-44(37)54(36-24-21-34(22-25-36)50(2,3)4)52-42-27-26-39-38-18-12-14-20-46(38)55-49(39)48(42)53(45(30-32)47(41)52)43-28-23-35(51(5,6)7)31-40(43)33-15-9-8-10-16-33/h8-31H,1-7H3. The second kappa shape index (κ2) is 12.2. The number of para-hydroxylation sites is 1. The Morgan fingerprint density at radius 1 is 0.527 bits per heavy atom. The monoisotopic (exact) mass is 728 g/mol. The Morgan fingerprint density at radius 3 is 1.98 bits per heavy atom. The average Bonchev–Trinajstić information content (AvgIpc) is 3.56. The minimum Gasteiger partial charge on any atom is -0.376 e. The van der Waals surface area contributed by atoms with Gasteiger partial charge in [-0.1, -0.05) is 145 Å². The zero-order valence-corrected chi connectivity index (χ0v) is 33.6. The predicted octanol–water partition coefficient (Wildman–Crippen LogP) is 13.3. The summed E-state index contributed by atoms with van der Waals surface area (Å²) >= 11 is 1.92. The molecule has 8 aromatic rings. The smallest absolute Gasteiger partial charge is 0.333 e. The number of hydrogen-bond donors (Lipinski definition) is 0. The Kier molecular flexibility index (Phi) is 7.54. The van der Waals surface area contributed by atoms with E-state index in [0.29, 0.717) is 0 Å². The molecule has 0 N–H and O–H groups in total. The fraction of sp³-hybridized carbons (Fsp3) is 0.176. The number of thiophene rings is 1. The lowest BCUT2D eigenvalue weighted by Crippen LogP contribution is -2.61. The third kappa shape index (κ3) is 5.29. The van der Waals surface area contributed by atoms with E-state index in [4.69, 9.17) is 0 Å². The first-order valence-corrected chi connectivity index (χ1v) is 20.4. The first-order valence-electron chi connectivity index (χ1n) is 19.6. The summed E-state index contributed by atoms with van der Waals surface area (Å²) in [5.41, 5.74) is 17.9. The molecule has 0 saturated carbocycles. The highest BCUT2D eigenvalue weighted by Crippen LogP contribution is 2.52. The van der Waals surface area contributed by atoms with Crippen LogP contribution >= 0.6 is 11.3 Å². The molecule has 7 aromatic carbocycles. The van der Waals surface area contributed by atoms with Crippen LogP contribution in [0.3, 0.4) is 0 Å². The van der Waals surface area contributed by atoms with Crippen molar-refractivity contribution in [3.63, 3.8) is 0 Å². The summed E-state index contributed by atoms with van der Waals surface area (Å²) in [5, 5.41) is 2.63. The Labute approximate surface area is 329 Å². The largest absolute Gasteiger partial charge is 0.376 e. The van der Waals surface area contributed by atoms with Gasteiger partial charge in [-0.3, -0.25) is 0 Å². The fourth-order valence-corrected chi connectivity index (χ4v) is 10.3. The number of hydrogen-bond acceptors (Lipinski definition) is 3. The molecule has 1 aromatic heterocycles. The second-order valence-electron chi connectivity index (χ2n) is 17.5. The van der Waals surface area contributed by atoms with Crippen molar-refractivity contribution in [2.24, 2.45) is 0 Å². The van der Waals surface area contributed by atoms with Gasteiger partial charge in [0.05, 0.1) is 16.1 Å². The molecule has 0 aliphatic carbocycles. The molecule has 2 aliphatic heterocycles. The maximum Gasteiger partial charge on any atom is 0.333 e. The van der Waals surface area contributed by atoms with E-state index in [2.05, 4.69) is 204 Å². The molecule has 0 unspecified atom stereocenters. The van der Waals surface area contributed by atoms with Crippen LogP contribution in [0, 0.1) is 6.92 Å². The van der Waals surface area contributed by atoms with E-state index in [9.17, 15) is 0 Å². The zero-order valence-electron chi connectivity index (χ0n) is 32.7. The third-order valence-corrected chi connectivity index (χ3v) is 13.0. The summed E-state index contributed by atoms with van der Waals surface area (Å²) in [5.74, 6) is 0. The van der Waals surface area contributed by atoms with E-state index >= 15 is 0 Å². The van der Waals surface area contributed by atoms with Crippen LogP contribution in [0.4, 0.5) is 28.4 Å². The molecule has 0 spiro atoms. The molecule has 0 fully saturated rings. The van der Waals surface area contributed by atoms with Gasteiger partial charge in [-0.2, -0.15) is 0 Å². The number of rotatable bonds is 3. The van der Waals surface area contributed by atoms with Crippen LogP contribution in [0.1, 0.15) is 58.2 Å².